The number of rotatable bonds is 8. The Kier molecular flexibility index (Phi) is 8.66. The van der Waals surface area contributed by atoms with Gasteiger partial charge in [0.1, 0.15) is 6.04 Å². The van der Waals surface area contributed by atoms with Crippen LogP contribution in [0.2, 0.25) is 5.02 Å². The molecule has 1 aromatic carbocycles. The highest BCUT2D eigenvalue weighted by Crippen LogP contribution is 2.17. The summed E-state index contributed by atoms with van der Waals surface area (Å²) in [5.74, 6) is 0.501. The molecule has 0 unspecified atom stereocenters. The molecule has 2 heterocycles. The van der Waals surface area contributed by atoms with Crippen molar-refractivity contribution in [3.8, 4) is 0 Å². The summed E-state index contributed by atoms with van der Waals surface area (Å²) in [5, 5.41) is 3.31. The molecule has 6 nitrogen and oxygen atoms in total. The third kappa shape index (κ3) is 6.35. The lowest BCUT2D eigenvalue weighted by molar-refractivity contribution is -0.135. The lowest BCUT2D eigenvalue weighted by Crippen LogP contribution is -2.55. The lowest BCUT2D eigenvalue weighted by Gasteiger charge is -2.37. The number of carbonyl (C=O) groups is 2. The van der Waals surface area contributed by atoms with Crippen LogP contribution in [0.3, 0.4) is 0 Å². The van der Waals surface area contributed by atoms with Crippen molar-refractivity contribution in [2.45, 2.75) is 31.4 Å². The highest BCUT2D eigenvalue weighted by molar-refractivity contribution is 7.98. The fourth-order valence-electron chi connectivity index (χ4n) is 3.82. The van der Waals surface area contributed by atoms with E-state index in [0.717, 1.165) is 44.8 Å². The summed E-state index contributed by atoms with van der Waals surface area (Å²) in [5.41, 5.74) is 0.400. The molecule has 2 fully saturated rings. The van der Waals surface area contributed by atoms with Gasteiger partial charge in [0.25, 0.3) is 5.91 Å². The number of hydrogen-bond donors (Lipinski definition) is 1. The van der Waals surface area contributed by atoms with Crippen LogP contribution in [0, 0.1) is 0 Å². The SMILES string of the molecule is CSCC[C@H](NC(=O)c1ccccc1Cl)C(=O)N1CCN(C[C@H]2CCCO2)CC1. The zero-order chi connectivity index (χ0) is 20.6. The van der Waals surface area contributed by atoms with E-state index in [4.69, 9.17) is 16.3 Å². The Morgan fingerprint density at radius 3 is 2.69 bits per heavy atom. The zero-order valence-electron chi connectivity index (χ0n) is 16.9. The van der Waals surface area contributed by atoms with Crippen molar-refractivity contribution in [1.82, 2.24) is 15.1 Å². The number of amides is 2. The van der Waals surface area contributed by atoms with Gasteiger partial charge in [-0.1, -0.05) is 23.7 Å². The molecule has 0 spiro atoms. The predicted molar refractivity (Wildman–Crippen MR) is 118 cm³/mol. The molecule has 3 rings (SSSR count). The van der Waals surface area contributed by atoms with E-state index < -0.39 is 6.04 Å². The van der Waals surface area contributed by atoms with Crippen LogP contribution < -0.4 is 5.32 Å². The van der Waals surface area contributed by atoms with Crippen LogP contribution >= 0.6 is 23.4 Å². The van der Waals surface area contributed by atoms with E-state index in [1.165, 1.54) is 0 Å². The molecule has 0 aliphatic carbocycles. The van der Waals surface area contributed by atoms with E-state index in [1.807, 2.05) is 11.2 Å². The highest BCUT2D eigenvalue weighted by Gasteiger charge is 2.30. The maximum Gasteiger partial charge on any atom is 0.253 e. The Hall–Kier alpha value is -1.28. The lowest BCUT2D eigenvalue weighted by atomic mass is 10.1. The van der Waals surface area contributed by atoms with Crippen LogP contribution in [0.5, 0.6) is 0 Å². The van der Waals surface area contributed by atoms with Crippen molar-refractivity contribution in [1.29, 1.82) is 0 Å². The largest absolute Gasteiger partial charge is 0.377 e. The fourth-order valence-corrected chi connectivity index (χ4v) is 4.51. The van der Waals surface area contributed by atoms with Crippen LogP contribution in [-0.2, 0) is 9.53 Å². The third-order valence-corrected chi connectivity index (χ3v) is 6.48. The zero-order valence-corrected chi connectivity index (χ0v) is 18.5. The van der Waals surface area contributed by atoms with Gasteiger partial charge in [0, 0.05) is 39.3 Å². The second-order valence-corrected chi connectivity index (χ2v) is 8.94. The summed E-state index contributed by atoms with van der Waals surface area (Å²) in [6, 6.07) is 6.38. The number of hydrogen-bond acceptors (Lipinski definition) is 5. The molecule has 2 aliphatic rings. The summed E-state index contributed by atoms with van der Waals surface area (Å²) in [6.07, 6.45) is 5.21. The van der Waals surface area contributed by atoms with E-state index >= 15 is 0 Å². The van der Waals surface area contributed by atoms with E-state index in [9.17, 15) is 9.59 Å². The average molecular weight is 440 g/mol. The van der Waals surface area contributed by atoms with Crippen molar-refractivity contribution in [3.05, 3.63) is 34.9 Å². The molecule has 2 aliphatic heterocycles. The van der Waals surface area contributed by atoms with Gasteiger partial charge in [0.15, 0.2) is 0 Å². The van der Waals surface area contributed by atoms with Crippen molar-refractivity contribution >= 4 is 35.2 Å². The van der Waals surface area contributed by atoms with Crippen molar-refractivity contribution in [3.63, 3.8) is 0 Å². The molecule has 2 amide bonds. The molecular formula is C21H30ClN3O3S. The van der Waals surface area contributed by atoms with Gasteiger partial charge in [-0.2, -0.15) is 11.8 Å². The van der Waals surface area contributed by atoms with Gasteiger partial charge in [-0.15, -0.1) is 0 Å². The minimum atomic E-state index is -0.532. The smallest absolute Gasteiger partial charge is 0.253 e. The number of halogens is 1. The minimum Gasteiger partial charge on any atom is -0.377 e. The minimum absolute atomic E-state index is 0.00350. The third-order valence-electron chi connectivity index (χ3n) is 5.50. The number of thioether (sulfide) groups is 1. The molecule has 0 bridgehead atoms. The Bertz CT molecular complexity index is 692. The molecule has 160 valence electrons. The van der Waals surface area contributed by atoms with Gasteiger partial charge in [0.2, 0.25) is 5.91 Å². The van der Waals surface area contributed by atoms with Gasteiger partial charge in [-0.25, -0.2) is 0 Å². The van der Waals surface area contributed by atoms with Gasteiger partial charge >= 0.3 is 0 Å². The molecule has 2 saturated heterocycles. The number of piperazine rings is 1. The van der Waals surface area contributed by atoms with E-state index in [-0.39, 0.29) is 11.8 Å². The maximum absolute atomic E-state index is 13.1. The molecule has 1 N–H and O–H groups in total. The predicted octanol–water partition coefficient (Wildman–Crippen LogP) is 2.51. The summed E-state index contributed by atoms with van der Waals surface area (Å²) < 4.78 is 5.73. The van der Waals surface area contributed by atoms with Crippen LogP contribution in [0.15, 0.2) is 24.3 Å². The van der Waals surface area contributed by atoms with Crippen LogP contribution in [0.4, 0.5) is 0 Å². The van der Waals surface area contributed by atoms with Gasteiger partial charge in [0.05, 0.1) is 16.7 Å². The molecule has 2 atom stereocenters. The molecule has 1 aromatic rings. The first-order valence-electron chi connectivity index (χ1n) is 10.3. The molecule has 8 heteroatoms. The van der Waals surface area contributed by atoms with Crippen LogP contribution in [0.25, 0.3) is 0 Å². The summed E-state index contributed by atoms with van der Waals surface area (Å²) >= 11 is 7.81. The fraction of sp³-hybridized carbons (Fsp3) is 0.619. The van der Waals surface area contributed by atoms with Crippen molar-refractivity contribution in [2.75, 3.05) is 51.3 Å². The summed E-state index contributed by atoms with van der Waals surface area (Å²) in [4.78, 5) is 30.1. The summed E-state index contributed by atoms with van der Waals surface area (Å²) in [7, 11) is 0. The average Bonchev–Trinajstić information content (AvgIpc) is 3.24. The highest BCUT2D eigenvalue weighted by atomic mass is 35.5. The second kappa shape index (κ2) is 11.2. The second-order valence-electron chi connectivity index (χ2n) is 7.55. The monoisotopic (exact) mass is 439 g/mol. The standard InChI is InChI=1S/C21H30ClN3O3S/c1-29-14-8-19(23-20(26)17-6-2-3-7-18(17)22)21(27)25-11-9-24(10-12-25)15-16-5-4-13-28-16/h2-3,6-7,16,19H,4-5,8-15H2,1H3,(H,23,26)/t16-,19+/m1/s1. The Labute approximate surface area is 182 Å². The first kappa shape index (κ1) is 22.4. The Morgan fingerprint density at radius 1 is 1.28 bits per heavy atom. The van der Waals surface area contributed by atoms with E-state index in [2.05, 4.69) is 10.2 Å². The van der Waals surface area contributed by atoms with Crippen LogP contribution in [-0.4, -0.2) is 85.1 Å². The molecule has 29 heavy (non-hydrogen) atoms. The first-order valence-corrected chi connectivity index (χ1v) is 12.0. The van der Waals surface area contributed by atoms with Crippen molar-refractivity contribution < 1.29 is 14.3 Å². The van der Waals surface area contributed by atoms with Crippen LogP contribution in [0.1, 0.15) is 29.6 Å². The van der Waals surface area contributed by atoms with E-state index in [0.29, 0.717) is 36.2 Å². The molecular weight excluding hydrogens is 410 g/mol. The number of nitrogens with zero attached hydrogens (tertiary/aromatic N) is 2. The van der Waals surface area contributed by atoms with Gasteiger partial charge in [-0.05, 0) is 43.4 Å². The first-order chi connectivity index (χ1) is 14.1. The molecule has 0 radical (unpaired) electrons. The number of nitrogens with one attached hydrogen (secondary N) is 1. The number of benzene rings is 1. The number of carbonyl (C=O) groups excluding carboxylic acids is 2. The maximum atomic E-state index is 13.1. The quantitative estimate of drug-likeness (QED) is 0.674. The van der Waals surface area contributed by atoms with Gasteiger partial charge in [-0.3, -0.25) is 14.5 Å². The summed E-state index contributed by atoms with van der Waals surface area (Å²) in [6.45, 7) is 4.87. The molecule has 0 aromatic heterocycles. The number of ether oxygens (including phenoxy) is 1. The van der Waals surface area contributed by atoms with E-state index in [1.54, 1.807) is 36.0 Å². The topological polar surface area (TPSA) is 61.9 Å². The molecule has 0 saturated carbocycles. The Balaban J connectivity index is 1.56. The Morgan fingerprint density at radius 2 is 2.03 bits per heavy atom. The van der Waals surface area contributed by atoms with Gasteiger partial charge < -0.3 is 15.0 Å². The normalized spacial score (nSPS) is 21.2. The van der Waals surface area contributed by atoms with Crippen molar-refractivity contribution in [2.24, 2.45) is 0 Å².